The van der Waals surface area contributed by atoms with E-state index in [4.69, 9.17) is 5.84 Å². The zero-order valence-electron chi connectivity index (χ0n) is 11.4. The van der Waals surface area contributed by atoms with E-state index in [1.165, 1.54) is 11.6 Å². The lowest BCUT2D eigenvalue weighted by molar-refractivity contribution is 0.523. The molecule has 0 radical (unpaired) electrons. The van der Waals surface area contributed by atoms with Gasteiger partial charge in [0.1, 0.15) is 11.6 Å². The van der Waals surface area contributed by atoms with Crippen LogP contribution in [0.4, 0.5) is 8.78 Å². The van der Waals surface area contributed by atoms with Crippen LogP contribution in [0.5, 0.6) is 0 Å². The van der Waals surface area contributed by atoms with Crippen LogP contribution >= 0.6 is 0 Å². The number of hydrazine groups is 1. The third-order valence-corrected chi connectivity index (χ3v) is 3.42. The monoisotopic (exact) mass is 276 g/mol. The maximum atomic E-state index is 13.7. The molecule has 4 heteroatoms. The highest BCUT2D eigenvalue weighted by Gasteiger charge is 2.14. The van der Waals surface area contributed by atoms with E-state index in [1.54, 1.807) is 0 Å². The van der Waals surface area contributed by atoms with Crippen LogP contribution in [-0.2, 0) is 12.8 Å². The normalized spacial score (nSPS) is 12.4. The van der Waals surface area contributed by atoms with Gasteiger partial charge in [-0.1, -0.05) is 31.2 Å². The van der Waals surface area contributed by atoms with Crippen LogP contribution in [-0.4, -0.2) is 0 Å². The highest BCUT2D eigenvalue weighted by Crippen LogP contribution is 2.21. The Morgan fingerprint density at radius 2 is 1.80 bits per heavy atom. The Bertz CT molecular complexity index is 567. The Hall–Kier alpha value is -1.78. The van der Waals surface area contributed by atoms with Crippen molar-refractivity contribution >= 4 is 0 Å². The summed E-state index contributed by atoms with van der Waals surface area (Å²) in [4.78, 5) is 0. The molecule has 2 rings (SSSR count). The van der Waals surface area contributed by atoms with E-state index in [0.717, 1.165) is 24.1 Å². The van der Waals surface area contributed by atoms with Crippen molar-refractivity contribution in [1.82, 2.24) is 5.43 Å². The number of nitrogens with two attached hydrogens (primary N) is 1. The molecule has 0 spiro atoms. The van der Waals surface area contributed by atoms with Gasteiger partial charge in [0.05, 0.1) is 6.04 Å². The Kier molecular flexibility index (Phi) is 4.82. The van der Waals surface area contributed by atoms with Gasteiger partial charge < -0.3 is 0 Å². The molecule has 1 atom stereocenters. The molecule has 2 aromatic rings. The van der Waals surface area contributed by atoms with Crippen molar-refractivity contribution < 1.29 is 8.78 Å². The van der Waals surface area contributed by atoms with Gasteiger partial charge in [0.25, 0.3) is 0 Å². The van der Waals surface area contributed by atoms with Crippen molar-refractivity contribution in [3.63, 3.8) is 0 Å². The van der Waals surface area contributed by atoms with Gasteiger partial charge in [-0.15, -0.1) is 0 Å². The maximum Gasteiger partial charge on any atom is 0.126 e. The first-order valence-electron chi connectivity index (χ1n) is 6.63. The SMILES string of the molecule is CCc1ccc(C(Cc2cc(F)ccc2F)NN)cc1. The van der Waals surface area contributed by atoms with Crippen LogP contribution in [0.1, 0.15) is 29.7 Å². The lowest BCUT2D eigenvalue weighted by Crippen LogP contribution is -2.29. The second-order valence-corrected chi connectivity index (χ2v) is 4.75. The molecule has 0 aliphatic carbocycles. The van der Waals surface area contributed by atoms with Gasteiger partial charge in [0.2, 0.25) is 0 Å². The van der Waals surface area contributed by atoms with Gasteiger partial charge in [-0.3, -0.25) is 11.3 Å². The van der Waals surface area contributed by atoms with Crippen molar-refractivity contribution in [1.29, 1.82) is 0 Å². The lowest BCUT2D eigenvalue weighted by Gasteiger charge is -2.17. The number of rotatable bonds is 5. The molecule has 0 saturated carbocycles. The van der Waals surface area contributed by atoms with Gasteiger partial charge in [-0.05, 0) is 47.7 Å². The summed E-state index contributed by atoms with van der Waals surface area (Å²) in [6.45, 7) is 2.08. The second-order valence-electron chi connectivity index (χ2n) is 4.75. The van der Waals surface area contributed by atoms with Crippen molar-refractivity contribution in [2.24, 2.45) is 5.84 Å². The van der Waals surface area contributed by atoms with Gasteiger partial charge in [-0.25, -0.2) is 8.78 Å². The van der Waals surface area contributed by atoms with Crippen LogP contribution in [0.3, 0.4) is 0 Å². The molecular formula is C16H18F2N2. The quantitative estimate of drug-likeness (QED) is 0.649. The Morgan fingerprint density at radius 3 is 2.40 bits per heavy atom. The van der Waals surface area contributed by atoms with E-state index in [2.05, 4.69) is 12.3 Å². The van der Waals surface area contributed by atoms with Crippen LogP contribution < -0.4 is 11.3 Å². The fraction of sp³-hybridized carbons (Fsp3) is 0.250. The minimum absolute atomic E-state index is 0.253. The number of halogens is 2. The smallest absolute Gasteiger partial charge is 0.126 e. The number of hydrogen-bond donors (Lipinski definition) is 2. The molecule has 0 amide bonds. The molecule has 0 saturated heterocycles. The molecule has 2 aromatic carbocycles. The zero-order valence-corrected chi connectivity index (χ0v) is 11.4. The molecule has 0 bridgehead atoms. The molecule has 0 fully saturated rings. The molecule has 0 aromatic heterocycles. The van der Waals surface area contributed by atoms with Gasteiger partial charge in [-0.2, -0.15) is 0 Å². The molecule has 1 unspecified atom stereocenters. The van der Waals surface area contributed by atoms with Gasteiger partial charge in [0.15, 0.2) is 0 Å². The minimum Gasteiger partial charge on any atom is -0.271 e. The summed E-state index contributed by atoms with van der Waals surface area (Å²) in [5.74, 6) is 4.68. The molecule has 20 heavy (non-hydrogen) atoms. The van der Waals surface area contributed by atoms with E-state index >= 15 is 0 Å². The number of aryl methyl sites for hydroxylation is 1. The van der Waals surface area contributed by atoms with Crippen LogP contribution in [0.15, 0.2) is 42.5 Å². The van der Waals surface area contributed by atoms with E-state index in [1.807, 2.05) is 24.3 Å². The summed E-state index contributed by atoms with van der Waals surface area (Å²) < 4.78 is 26.8. The van der Waals surface area contributed by atoms with Crippen molar-refractivity contribution in [3.8, 4) is 0 Å². The lowest BCUT2D eigenvalue weighted by atomic mass is 9.97. The molecule has 0 aliphatic heterocycles. The molecule has 3 N–H and O–H groups in total. The molecule has 106 valence electrons. The van der Waals surface area contributed by atoms with E-state index in [-0.39, 0.29) is 6.04 Å². The van der Waals surface area contributed by atoms with E-state index in [9.17, 15) is 8.78 Å². The van der Waals surface area contributed by atoms with Gasteiger partial charge >= 0.3 is 0 Å². The third-order valence-electron chi connectivity index (χ3n) is 3.42. The molecule has 0 aliphatic rings. The van der Waals surface area contributed by atoms with Crippen LogP contribution in [0, 0.1) is 11.6 Å². The Balaban J connectivity index is 2.21. The summed E-state index contributed by atoms with van der Waals surface area (Å²) in [5, 5.41) is 0. The van der Waals surface area contributed by atoms with Crippen molar-refractivity contribution in [3.05, 3.63) is 70.8 Å². The highest BCUT2D eigenvalue weighted by molar-refractivity contribution is 5.28. The summed E-state index contributed by atoms with van der Waals surface area (Å²) in [6, 6.07) is 11.2. The predicted octanol–water partition coefficient (Wildman–Crippen LogP) is 3.27. The summed E-state index contributed by atoms with van der Waals surface area (Å²) >= 11 is 0. The van der Waals surface area contributed by atoms with Crippen molar-refractivity contribution in [2.45, 2.75) is 25.8 Å². The fourth-order valence-corrected chi connectivity index (χ4v) is 2.18. The average molecular weight is 276 g/mol. The number of hydrogen-bond acceptors (Lipinski definition) is 2. The summed E-state index contributed by atoms with van der Waals surface area (Å²) in [6.07, 6.45) is 1.26. The molecule has 2 nitrogen and oxygen atoms in total. The highest BCUT2D eigenvalue weighted by atomic mass is 19.1. The zero-order chi connectivity index (χ0) is 14.5. The first-order valence-corrected chi connectivity index (χ1v) is 6.63. The number of benzene rings is 2. The largest absolute Gasteiger partial charge is 0.271 e. The second kappa shape index (κ2) is 6.59. The average Bonchev–Trinajstić information content (AvgIpc) is 2.48. The summed E-state index contributed by atoms with van der Waals surface area (Å²) in [7, 11) is 0. The third kappa shape index (κ3) is 3.40. The first kappa shape index (κ1) is 14.6. The maximum absolute atomic E-state index is 13.7. The topological polar surface area (TPSA) is 38.0 Å². The standard InChI is InChI=1S/C16H18F2N2/c1-2-11-3-5-12(6-4-11)16(20-19)10-13-9-14(17)7-8-15(13)18/h3-9,16,20H,2,10,19H2,1H3. The number of nitrogens with one attached hydrogen (secondary N) is 1. The minimum atomic E-state index is -0.446. The van der Waals surface area contributed by atoms with Crippen LogP contribution in [0.2, 0.25) is 0 Å². The fourth-order valence-electron chi connectivity index (χ4n) is 2.18. The summed E-state index contributed by atoms with van der Waals surface area (Å²) in [5.41, 5.74) is 5.15. The van der Waals surface area contributed by atoms with E-state index < -0.39 is 11.6 Å². The van der Waals surface area contributed by atoms with Gasteiger partial charge in [0, 0.05) is 0 Å². The first-order chi connectivity index (χ1) is 9.63. The molecular weight excluding hydrogens is 258 g/mol. The van der Waals surface area contributed by atoms with Crippen LogP contribution in [0.25, 0.3) is 0 Å². The Labute approximate surface area is 117 Å². The van der Waals surface area contributed by atoms with E-state index in [0.29, 0.717) is 12.0 Å². The predicted molar refractivity (Wildman–Crippen MR) is 75.9 cm³/mol. The van der Waals surface area contributed by atoms with Crippen molar-refractivity contribution in [2.75, 3.05) is 0 Å². The Morgan fingerprint density at radius 1 is 1.10 bits per heavy atom. The molecule has 0 heterocycles.